The number of nitrogens with zero attached hydrogens (tertiary/aromatic N) is 4. The Hall–Kier alpha value is -3.48. The molecule has 0 aliphatic carbocycles. The lowest BCUT2D eigenvalue weighted by atomic mass is 9.98. The minimum absolute atomic E-state index is 0.0475. The molecule has 7 heteroatoms. The smallest absolute Gasteiger partial charge is 0.254 e. The molecule has 0 N–H and O–H groups in total. The van der Waals surface area contributed by atoms with Crippen LogP contribution in [0.15, 0.2) is 79.0 Å². The van der Waals surface area contributed by atoms with Crippen LogP contribution in [0.5, 0.6) is 0 Å². The Morgan fingerprint density at radius 3 is 2.41 bits per heavy atom. The van der Waals surface area contributed by atoms with Crippen molar-refractivity contribution in [2.45, 2.75) is 12.2 Å². The van der Waals surface area contributed by atoms with Crippen LogP contribution < -0.4 is 4.90 Å². The fraction of sp³-hybridized carbons (Fsp3) is 0.222. The average Bonchev–Trinajstić information content (AvgIpc) is 2.87. The second-order valence-corrected chi connectivity index (χ2v) is 9.20. The third kappa shape index (κ3) is 4.00. The van der Waals surface area contributed by atoms with Gasteiger partial charge < -0.3 is 14.5 Å². The summed E-state index contributed by atoms with van der Waals surface area (Å²) in [5, 5.41) is 0.641. The standard InChI is InChI=1S/C27H23ClN4O2/c28-19-10-11-24-25(12-19)30-26(13-29-24)31-14-20-16-32(17-21(15-31)34-20)27(33)23-9-5-4-8-22(23)18-6-2-1-3-7-18/h1-13,20-21H,14-17H2. The van der Waals surface area contributed by atoms with Crippen LogP contribution in [0.1, 0.15) is 10.4 Å². The molecular formula is C27H23ClN4O2. The fourth-order valence-electron chi connectivity index (χ4n) is 4.88. The molecule has 2 fully saturated rings. The van der Waals surface area contributed by atoms with E-state index in [4.69, 9.17) is 21.3 Å². The lowest BCUT2D eigenvalue weighted by molar-refractivity contribution is -0.0847. The van der Waals surface area contributed by atoms with Crippen LogP contribution in [0.2, 0.25) is 5.02 Å². The number of carbonyl (C=O) groups is 1. The van der Waals surface area contributed by atoms with E-state index < -0.39 is 0 Å². The van der Waals surface area contributed by atoms with Gasteiger partial charge in [-0.2, -0.15) is 0 Å². The lowest BCUT2D eigenvalue weighted by Gasteiger charge is -2.46. The molecule has 3 aromatic carbocycles. The van der Waals surface area contributed by atoms with Crippen molar-refractivity contribution >= 4 is 34.4 Å². The van der Waals surface area contributed by atoms with Crippen LogP contribution in [-0.2, 0) is 4.74 Å². The van der Waals surface area contributed by atoms with Crippen LogP contribution in [0.4, 0.5) is 5.82 Å². The number of hydrogen-bond acceptors (Lipinski definition) is 5. The number of hydrogen-bond donors (Lipinski definition) is 0. The highest BCUT2D eigenvalue weighted by Crippen LogP contribution is 2.28. The zero-order chi connectivity index (χ0) is 23.1. The van der Waals surface area contributed by atoms with Crippen molar-refractivity contribution in [3.8, 4) is 11.1 Å². The monoisotopic (exact) mass is 470 g/mol. The van der Waals surface area contributed by atoms with Gasteiger partial charge in [-0.25, -0.2) is 4.98 Å². The van der Waals surface area contributed by atoms with Gasteiger partial charge in [0, 0.05) is 36.8 Å². The van der Waals surface area contributed by atoms with E-state index in [0.29, 0.717) is 31.2 Å². The summed E-state index contributed by atoms with van der Waals surface area (Å²) in [5.74, 6) is 0.855. The topological polar surface area (TPSA) is 58.6 Å². The van der Waals surface area contributed by atoms with Gasteiger partial charge in [-0.05, 0) is 35.4 Å². The number of fused-ring (bicyclic) bond motifs is 3. The second kappa shape index (κ2) is 8.70. The Kier molecular flexibility index (Phi) is 5.40. The van der Waals surface area contributed by atoms with Gasteiger partial charge >= 0.3 is 0 Å². The number of benzene rings is 3. The first-order valence-electron chi connectivity index (χ1n) is 11.4. The highest BCUT2D eigenvalue weighted by molar-refractivity contribution is 6.31. The van der Waals surface area contributed by atoms with Gasteiger partial charge in [0.25, 0.3) is 5.91 Å². The van der Waals surface area contributed by atoms with Crippen molar-refractivity contribution in [1.82, 2.24) is 14.9 Å². The number of carbonyl (C=O) groups excluding carboxylic acids is 1. The molecule has 34 heavy (non-hydrogen) atoms. The molecule has 6 nitrogen and oxygen atoms in total. The number of rotatable bonds is 3. The summed E-state index contributed by atoms with van der Waals surface area (Å²) in [7, 11) is 0. The molecule has 2 atom stereocenters. The van der Waals surface area contributed by atoms with Crippen LogP contribution >= 0.6 is 11.6 Å². The molecule has 170 valence electrons. The molecule has 2 aliphatic rings. The van der Waals surface area contributed by atoms with Gasteiger partial charge in [0.1, 0.15) is 5.82 Å². The van der Waals surface area contributed by atoms with Crippen molar-refractivity contribution in [2.75, 3.05) is 31.1 Å². The molecule has 4 aromatic rings. The molecule has 2 unspecified atom stereocenters. The van der Waals surface area contributed by atoms with Crippen molar-refractivity contribution < 1.29 is 9.53 Å². The fourth-order valence-corrected chi connectivity index (χ4v) is 5.05. The quantitative estimate of drug-likeness (QED) is 0.435. The minimum Gasteiger partial charge on any atom is -0.368 e. The second-order valence-electron chi connectivity index (χ2n) is 8.77. The molecule has 0 radical (unpaired) electrons. The number of anilines is 1. The Morgan fingerprint density at radius 2 is 1.62 bits per heavy atom. The van der Waals surface area contributed by atoms with E-state index in [1.165, 1.54) is 0 Å². The van der Waals surface area contributed by atoms with E-state index in [2.05, 4.69) is 9.88 Å². The predicted octanol–water partition coefficient (Wildman–Crippen LogP) is 4.68. The summed E-state index contributed by atoms with van der Waals surface area (Å²) in [6, 6.07) is 23.4. The molecule has 2 aliphatic heterocycles. The van der Waals surface area contributed by atoms with Gasteiger partial charge in [-0.15, -0.1) is 0 Å². The summed E-state index contributed by atoms with van der Waals surface area (Å²) in [6.45, 7) is 2.40. The van der Waals surface area contributed by atoms with E-state index in [1.54, 1.807) is 6.20 Å². The van der Waals surface area contributed by atoms with E-state index in [0.717, 1.165) is 33.5 Å². The first-order valence-corrected chi connectivity index (χ1v) is 11.8. The largest absolute Gasteiger partial charge is 0.368 e. The maximum atomic E-state index is 13.6. The van der Waals surface area contributed by atoms with Gasteiger partial charge in [-0.3, -0.25) is 9.78 Å². The van der Waals surface area contributed by atoms with Crippen molar-refractivity contribution in [3.05, 3.63) is 89.6 Å². The van der Waals surface area contributed by atoms with Crippen molar-refractivity contribution in [2.24, 2.45) is 0 Å². The summed E-state index contributed by atoms with van der Waals surface area (Å²) in [4.78, 5) is 27.0. The van der Waals surface area contributed by atoms with Gasteiger partial charge in [0.15, 0.2) is 0 Å². The Labute approximate surface area is 202 Å². The predicted molar refractivity (Wildman–Crippen MR) is 133 cm³/mol. The third-order valence-corrected chi connectivity index (χ3v) is 6.66. The van der Waals surface area contributed by atoms with Gasteiger partial charge in [0.05, 0.1) is 29.4 Å². The van der Waals surface area contributed by atoms with E-state index in [1.807, 2.05) is 77.7 Å². The molecule has 0 saturated carbocycles. The summed E-state index contributed by atoms with van der Waals surface area (Å²) >= 11 is 6.14. The first kappa shape index (κ1) is 21.1. The zero-order valence-electron chi connectivity index (χ0n) is 18.5. The van der Waals surface area contributed by atoms with Crippen LogP contribution in [-0.4, -0.2) is 59.2 Å². The number of ether oxygens (including phenoxy) is 1. The first-order chi connectivity index (χ1) is 16.6. The number of morpholine rings is 2. The van der Waals surface area contributed by atoms with Crippen LogP contribution in [0.3, 0.4) is 0 Å². The molecule has 2 bridgehead atoms. The van der Waals surface area contributed by atoms with E-state index in [9.17, 15) is 4.79 Å². The Bertz CT molecular complexity index is 1350. The summed E-state index contributed by atoms with van der Waals surface area (Å²) in [6.07, 6.45) is 1.63. The SMILES string of the molecule is O=C(c1ccccc1-c1ccccc1)N1CC2CN(c3cnc4ccc(Cl)cc4n3)CC(C1)O2. The minimum atomic E-state index is -0.0859. The van der Waals surface area contributed by atoms with Crippen LogP contribution in [0.25, 0.3) is 22.2 Å². The molecule has 3 heterocycles. The maximum Gasteiger partial charge on any atom is 0.254 e. The van der Waals surface area contributed by atoms with Crippen LogP contribution in [0, 0.1) is 0 Å². The Morgan fingerprint density at radius 1 is 0.882 bits per heavy atom. The molecule has 6 rings (SSSR count). The maximum absolute atomic E-state index is 13.6. The third-order valence-electron chi connectivity index (χ3n) is 6.43. The highest BCUT2D eigenvalue weighted by Gasteiger charge is 2.38. The van der Waals surface area contributed by atoms with Crippen molar-refractivity contribution in [3.63, 3.8) is 0 Å². The number of aromatic nitrogens is 2. The normalized spacial score (nSPS) is 19.9. The van der Waals surface area contributed by atoms with E-state index >= 15 is 0 Å². The van der Waals surface area contributed by atoms with Gasteiger partial charge in [0.2, 0.25) is 0 Å². The highest BCUT2D eigenvalue weighted by atomic mass is 35.5. The summed E-state index contributed by atoms with van der Waals surface area (Å²) in [5.41, 5.74) is 4.31. The Balaban J connectivity index is 1.22. The average molecular weight is 471 g/mol. The molecule has 2 saturated heterocycles. The molecule has 1 aromatic heterocycles. The van der Waals surface area contributed by atoms with Gasteiger partial charge in [-0.1, -0.05) is 60.1 Å². The lowest BCUT2D eigenvalue weighted by Crippen LogP contribution is -2.60. The summed E-state index contributed by atoms with van der Waals surface area (Å²) < 4.78 is 6.21. The molecule has 0 spiro atoms. The number of amides is 1. The molecule has 1 amide bonds. The van der Waals surface area contributed by atoms with Crippen molar-refractivity contribution in [1.29, 1.82) is 0 Å². The number of halogens is 1. The van der Waals surface area contributed by atoms with E-state index in [-0.39, 0.29) is 18.1 Å². The molecular weight excluding hydrogens is 448 g/mol. The zero-order valence-corrected chi connectivity index (χ0v) is 19.2.